The van der Waals surface area contributed by atoms with E-state index in [4.69, 9.17) is 0 Å². The number of rotatable bonds is 4. The van der Waals surface area contributed by atoms with Crippen LogP contribution in [0.1, 0.15) is 11.1 Å². The van der Waals surface area contributed by atoms with Crippen LogP contribution in [0.3, 0.4) is 0 Å². The summed E-state index contributed by atoms with van der Waals surface area (Å²) < 4.78 is 27.0. The molecule has 0 spiro atoms. The van der Waals surface area contributed by atoms with Crippen molar-refractivity contribution < 1.29 is 8.42 Å². The molecule has 0 saturated carbocycles. The van der Waals surface area contributed by atoms with Gasteiger partial charge in [0, 0.05) is 0 Å². The van der Waals surface area contributed by atoms with Crippen LogP contribution in [0.25, 0.3) is 11.0 Å². The number of benzene rings is 2. The van der Waals surface area contributed by atoms with E-state index in [2.05, 4.69) is 14.7 Å². The maximum atomic E-state index is 12.2. The van der Waals surface area contributed by atoms with E-state index in [1.54, 1.807) is 24.3 Å². The van der Waals surface area contributed by atoms with E-state index in [1.165, 1.54) is 0 Å². The van der Waals surface area contributed by atoms with Gasteiger partial charge < -0.3 is 9.97 Å². The number of anilines is 1. The Labute approximate surface area is 127 Å². The number of sulfonamides is 1. The average molecular weight is 317 g/mol. The fourth-order valence-electron chi connectivity index (χ4n) is 2.33. The lowest BCUT2D eigenvalue weighted by atomic mass is 10.2. The van der Waals surface area contributed by atoms with Gasteiger partial charge >= 0.3 is 5.69 Å². The molecule has 0 aliphatic heterocycles. The minimum Gasteiger partial charge on any atom is -0.306 e. The van der Waals surface area contributed by atoms with Crippen molar-refractivity contribution in [3.63, 3.8) is 0 Å². The van der Waals surface area contributed by atoms with E-state index in [-0.39, 0.29) is 11.4 Å². The Morgan fingerprint density at radius 3 is 2.59 bits per heavy atom. The lowest BCUT2D eigenvalue weighted by Gasteiger charge is -2.08. The zero-order valence-electron chi connectivity index (χ0n) is 11.9. The minimum atomic E-state index is -3.52. The fraction of sp³-hybridized carbons (Fsp3) is 0.133. The number of hydrogen-bond donors (Lipinski definition) is 3. The molecule has 1 aromatic heterocycles. The van der Waals surface area contributed by atoms with Gasteiger partial charge in [-0.3, -0.25) is 4.72 Å². The number of nitrogens with one attached hydrogen (secondary N) is 3. The molecular formula is C15H15N3O3S. The molecule has 114 valence electrons. The van der Waals surface area contributed by atoms with Gasteiger partial charge in [-0.1, -0.05) is 29.8 Å². The molecule has 0 aliphatic rings. The summed E-state index contributed by atoms with van der Waals surface area (Å²) in [6.45, 7) is 1.92. The number of aromatic nitrogens is 2. The third-order valence-corrected chi connectivity index (χ3v) is 4.49. The summed E-state index contributed by atoms with van der Waals surface area (Å²) in [4.78, 5) is 16.4. The summed E-state index contributed by atoms with van der Waals surface area (Å²) in [5, 5.41) is 0. The molecule has 0 atom stereocenters. The maximum Gasteiger partial charge on any atom is 0.323 e. The molecule has 22 heavy (non-hydrogen) atoms. The molecule has 0 fully saturated rings. The van der Waals surface area contributed by atoms with Gasteiger partial charge in [-0.2, -0.15) is 0 Å². The van der Waals surface area contributed by atoms with E-state index in [9.17, 15) is 13.2 Å². The highest BCUT2D eigenvalue weighted by molar-refractivity contribution is 7.91. The van der Waals surface area contributed by atoms with Crippen LogP contribution in [0.15, 0.2) is 47.3 Å². The van der Waals surface area contributed by atoms with Crippen molar-refractivity contribution in [3.05, 3.63) is 64.1 Å². The normalized spacial score (nSPS) is 11.7. The van der Waals surface area contributed by atoms with Gasteiger partial charge in [0.25, 0.3) is 0 Å². The molecule has 3 rings (SSSR count). The Morgan fingerprint density at radius 2 is 1.82 bits per heavy atom. The number of aryl methyl sites for hydroxylation is 1. The molecule has 0 unspecified atom stereocenters. The monoisotopic (exact) mass is 317 g/mol. The second kappa shape index (κ2) is 5.34. The molecule has 0 radical (unpaired) electrons. The highest BCUT2D eigenvalue weighted by atomic mass is 32.2. The number of aromatic amines is 2. The van der Waals surface area contributed by atoms with Crippen molar-refractivity contribution in [1.29, 1.82) is 0 Å². The van der Waals surface area contributed by atoms with Crippen molar-refractivity contribution in [2.45, 2.75) is 12.7 Å². The summed E-state index contributed by atoms with van der Waals surface area (Å²) in [6, 6.07) is 12.2. The first kappa shape index (κ1) is 14.4. The predicted octanol–water partition coefficient (Wildman–Crippen LogP) is 2.11. The van der Waals surface area contributed by atoms with Crippen LogP contribution in [-0.4, -0.2) is 18.4 Å². The van der Waals surface area contributed by atoms with Crippen LogP contribution >= 0.6 is 0 Å². The molecule has 0 saturated heterocycles. The van der Waals surface area contributed by atoms with Gasteiger partial charge in [0.1, 0.15) is 0 Å². The van der Waals surface area contributed by atoms with Crippen LogP contribution in [-0.2, 0) is 15.8 Å². The number of H-pyrrole nitrogens is 2. The third-order valence-electron chi connectivity index (χ3n) is 3.23. The second-order valence-electron chi connectivity index (χ2n) is 5.19. The number of hydrogen-bond acceptors (Lipinski definition) is 3. The lowest BCUT2D eigenvalue weighted by molar-refractivity contribution is 0.600. The van der Waals surface area contributed by atoms with Crippen LogP contribution in [0.4, 0.5) is 5.69 Å². The first-order valence-corrected chi connectivity index (χ1v) is 8.35. The van der Waals surface area contributed by atoms with Gasteiger partial charge in [-0.05, 0) is 30.7 Å². The zero-order chi connectivity index (χ0) is 15.7. The van der Waals surface area contributed by atoms with Crippen LogP contribution < -0.4 is 10.4 Å². The molecule has 0 bridgehead atoms. The number of fused-ring (bicyclic) bond motifs is 1. The molecule has 3 N–H and O–H groups in total. The molecule has 1 heterocycles. The van der Waals surface area contributed by atoms with Gasteiger partial charge in [0.05, 0.1) is 22.5 Å². The summed E-state index contributed by atoms with van der Waals surface area (Å²) in [5.41, 5.74) is 3.01. The maximum absolute atomic E-state index is 12.2. The first-order chi connectivity index (χ1) is 10.4. The summed E-state index contributed by atoms with van der Waals surface area (Å²) >= 11 is 0. The van der Waals surface area contributed by atoms with Gasteiger partial charge in [0.2, 0.25) is 10.0 Å². The smallest absolute Gasteiger partial charge is 0.306 e. The van der Waals surface area contributed by atoms with Gasteiger partial charge in [0.15, 0.2) is 0 Å². The Balaban J connectivity index is 1.84. The molecule has 0 aliphatic carbocycles. The quantitative estimate of drug-likeness (QED) is 0.688. The lowest BCUT2D eigenvalue weighted by Crippen LogP contribution is -2.15. The van der Waals surface area contributed by atoms with E-state index >= 15 is 0 Å². The standard InChI is InChI=1S/C15H15N3O3S/c1-10-3-2-4-11(7-10)9-22(20,21)18-12-5-6-13-14(8-12)17-15(19)16-13/h2-8,18H,9H2,1H3,(H2,16,17,19). The van der Waals surface area contributed by atoms with Crippen LogP contribution in [0.2, 0.25) is 0 Å². The molecular weight excluding hydrogens is 302 g/mol. The van der Waals surface area contributed by atoms with E-state index in [0.717, 1.165) is 11.1 Å². The Kier molecular flexibility index (Phi) is 3.50. The van der Waals surface area contributed by atoms with Crippen LogP contribution in [0, 0.1) is 6.92 Å². The zero-order valence-corrected chi connectivity index (χ0v) is 12.7. The molecule has 7 heteroatoms. The summed E-state index contributed by atoms with van der Waals surface area (Å²) in [7, 11) is -3.52. The Hall–Kier alpha value is -2.54. The first-order valence-electron chi connectivity index (χ1n) is 6.69. The summed E-state index contributed by atoms with van der Waals surface area (Å²) in [5.74, 6) is -0.101. The largest absolute Gasteiger partial charge is 0.323 e. The topological polar surface area (TPSA) is 94.8 Å². The van der Waals surface area contributed by atoms with Gasteiger partial charge in [-0.15, -0.1) is 0 Å². The second-order valence-corrected chi connectivity index (χ2v) is 6.91. The van der Waals surface area contributed by atoms with Crippen molar-refractivity contribution >= 4 is 26.7 Å². The van der Waals surface area contributed by atoms with E-state index in [1.807, 2.05) is 25.1 Å². The third kappa shape index (κ3) is 3.20. The van der Waals surface area contributed by atoms with Crippen molar-refractivity contribution in [1.82, 2.24) is 9.97 Å². The van der Waals surface area contributed by atoms with Crippen molar-refractivity contribution in [2.75, 3.05) is 4.72 Å². The molecule has 6 nitrogen and oxygen atoms in total. The number of imidazole rings is 1. The van der Waals surface area contributed by atoms with Crippen molar-refractivity contribution in [3.8, 4) is 0 Å². The Morgan fingerprint density at radius 1 is 1.05 bits per heavy atom. The Bertz CT molecular complexity index is 986. The SMILES string of the molecule is Cc1cccc(CS(=O)(=O)Nc2ccc3[nH]c(=O)[nH]c3c2)c1. The minimum absolute atomic E-state index is 0.101. The van der Waals surface area contributed by atoms with E-state index < -0.39 is 10.0 Å². The van der Waals surface area contributed by atoms with Crippen molar-refractivity contribution in [2.24, 2.45) is 0 Å². The van der Waals surface area contributed by atoms with Crippen LogP contribution in [0.5, 0.6) is 0 Å². The predicted molar refractivity (Wildman–Crippen MR) is 86.3 cm³/mol. The fourth-order valence-corrected chi connectivity index (χ4v) is 3.51. The molecule has 3 aromatic rings. The highest BCUT2D eigenvalue weighted by Crippen LogP contribution is 2.17. The van der Waals surface area contributed by atoms with Gasteiger partial charge in [-0.25, -0.2) is 13.2 Å². The highest BCUT2D eigenvalue weighted by Gasteiger charge is 2.12. The molecule has 2 aromatic carbocycles. The van der Waals surface area contributed by atoms with E-state index in [0.29, 0.717) is 16.7 Å². The average Bonchev–Trinajstić information content (AvgIpc) is 2.77. The molecule has 0 amide bonds. The summed E-state index contributed by atoms with van der Waals surface area (Å²) in [6.07, 6.45) is 0.